The topological polar surface area (TPSA) is 38.0 Å². The van der Waals surface area contributed by atoms with Gasteiger partial charge in [0.1, 0.15) is 0 Å². The first kappa shape index (κ1) is 11.7. The molecule has 0 saturated heterocycles. The number of thiophene rings is 1. The summed E-state index contributed by atoms with van der Waals surface area (Å²) in [5.41, 5.74) is 8.98. The van der Waals surface area contributed by atoms with E-state index in [1.54, 1.807) is 11.3 Å². The molecule has 1 aromatic carbocycles. The minimum absolute atomic E-state index is 0.323. The lowest BCUT2D eigenvalue weighted by molar-refractivity contribution is 0.889. The van der Waals surface area contributed by atoms with Crippen molar-refractivity contribution < 1.29 is 0 Å². The summed E-state index contributed by atoms with van der Waals surface area (Å²) < 4.78 is 1.15. The standard InChI is InChI=1S/C12H13IN2S/c1-8(9-4-5-16-7-9)15-12-3-2-10(14)6-11(12)13/h2-8,15H,14H2,1H3. The monoisotopic (exact) mass is 344 g/mol. The molecule has 2 nitrogen and oxygen atoms in total. The van der Waals surface area contributed by atoms with Gasteiger partial charge < -0.3 is 11.1 Å². The normalized spacial score (nSPS) is 12.4. The van der Waals surface area contributed by atoms with Crippen molar-refractivity contribution in [3.05, 3.63) is 44.2 Å². The van der Waals surface area contributed by atoms with Gasteiger partial charge in [-0.25, -0.2) is 0 Å². The Morgan fingerprint density at radius 3 is 2.81 bits per heavy atom. The number of nitrogens with one attached hydrogen (secondary N) is 1. The minimum atomic E-state index is 0.323. The van der Waals surface area contributed by atoms with Gasteiger partial charge in [0.25, 0.3) is 0 Å². The van der Waals surface area contributed by atoms with Crippen molar-refractivity contribution >= 4 is 45.3 Å². The lowest BCUT2D eigenvalue weighted by Gasteiger charge is -2.15. The number of hydrogen-bond donors (Lipinski definition) is 2. The van der Waals surface area contributed by atoms with Crippen LogP contribution in [0, 0.1) is 3.57 Å². The molecule has 0 fully saturated rings. The molecule has 0 radical (unpaired) electrons. The van der Waals surface area contributed by atoms with Crippen LogP contribution in [0.1, 0.15) is 18.5 Å². The summed E-state index contributed by atoms with van der Waals surface area (Å²) in [4.78, 5) is 0. The fourth-order valence-corrected chi connectivity index (χ4v) is 2.94. The van der Waals surface area contributed by atoms with Crippen LogP contribution in [-0.2, 0) is 0 Å². The molecule has 16 heavy (non-hydrogen) atoms. The third kappa shape index (κ3) is 2.68. The Labute approximate surface area is 113 Å². The number of hydrogen-bond acceptors (Lipinski definition) is 3. The third-order valence-corrected chi connectivity index (χ3v) is 4.00. The number of nitrogens with two attached hydrogens (primary N) is 1. The number of nitrogen functional groups attached to an aromatic ring is 1. The number of benzene rings is 1. The maximum absolute atomic E-state index is 5.72. The van der Waals surface area contributed by atoms with E-state index in [4.69, 9.17) is 5.73 Å². The van der Waals surface area contributed by atoms with Crippen LogP contribution in [0.5, 0.6) is 0 Å². The fourth-order valence-electron chi connectivity index (χ4n) is 1.49. The summed E-state index contributed by atoms with van der Waals surface area (Å²) >= 11 is 4.02. The molecule has 2 rings (SSSR count). The molecule has 84 valence electrons. The summed E-state index contributed by atoms with van der Waals surface area (Å²) in [6.45, 7) is 2.16. The lowest BCUT2D eigenvalue weighted by Crippen LogP contribution is -2.06. The Hall–Kier alpha value is -0.750. The van der Waals surface area contributed by atoms with Crippen molar-refractivity contribution in [2.45, 2.75) is 13.0 Å². The molecule has 1 heterocycles. The van der Waals surface area contributed by atoms with Crippen molar-refractivity contribution in [3.63, 3.8) is 0 Å². The summed E-state index contributed by atoms with van der Waals surface area (Å²) in [5.74, 6) is 0. The van der Waals surface area contributed by atoms with Crippen molar-refractivity contribution in [2.24, 2.45) is 0 Å². The molecule has 1 aromatic heterocycles. The van der Waals surface area contributed by atoms with E-state index in [-0.39, 0.29) is 0 Å². The lowest BCUT2D eigenvalue weighted by atomic mass is 10.1. The van der Waals surface area contributed by atoms with Crippen LogP contribution in [0.2, 0.25) is 0 Å². The van der Waals surface area contributed by atoms with Gasteiger partial charge in [-0.15, -0.1) is 0 Å². The molecule has 1 unspecified atom stereocenters. The molecule has 0 aliphatic rings. The molecule has 2 aromatic rings. The van der Waals surface area contributed by atoms with E-state index in [2.05, 4.69) is 51.7 Å². The molecule has 3 N–H and O–H groups in total. The molecule has 0 saturated carbocycles. The number of halogens is 1. The van der Waals surface area contributed by atoms with Crippen molar-refractivity contribution in [3.8, 4) is 0 Å². The fraction of sp³-hybridized carbons (Fsp3) is 0.167. The average molecular weight is 344 g/mol. The van der Waals surface area contributed by atoms with Gasteiger partial charge in [-0.3, -0.25) is 0 Å². The number of anilines is 2. The van der Waals surface area contributed by atoms with Gasteiger partial charge in [0.2, 0.25) is 0 Å². The van der Waals surface area contributed by atoms with Gasteiger partial charge in [-0.1, -0.05) is 0 Å². The van der Waals surface area contributed by atoms with Crippen LogP contribution in [0.3, 0.4) is 0 Å². The predicted molar refractivity (Wildman–Crippen MR) is 79.9 cm³/mol. The molecule has 0 spiro atoms. The molecular weight excluding hydrogens is 331 g/mol. The smallest absolute Gasteiger partial charge is 0.0494 e. The van der Waals surface area contributed by atoms with Crippen LogP contribution < -0.4 is 11.1 Å². The molecular formula is C12H13IN2S. The second-order valence-electron chi connectivity index (χ2n) is 3.66. The first-order chi connectivity index (χ1) is 7.66. The Morgan fingerprint density at radius 1 is 1.38 bits per heavy atom. The summed E-state index contributed by atoms with van der Waals surface area (Å²) in [7, 11) is 0. The van der Waals surface area contributed by atoms with E-state index in [1.165, 1.54) is 5.56 Å². The first-order valence-corrected chi connectivity index (χ1v) is 7.02. The van der Waals surface area contributed by atoms with E-state index in [9.17, 15) is 0 Å². The highest BCUT2D eigenvalue weighted by Gasteiger charge is 2.07. The number of rotatable bonds is 3. The molecule has 1 atom stereocenters. The summed E-state index contributed by atoms with van der Waals surface area (Å²) in [5, 5.41) is 7.75. The average Bonchev–Trinajstić information content (AvgIpc) is 2.75. The van der Waals surface area contributed by atoms with Gasteiger partial charge in [-0.2, -0.15) is 11.3 Å². The largest absolute Gasteiger partial charge is 0.399 e. The summed E-state index contributed by atoms with van der Waals surface area (Å²) in [6, 6.07) is 8.39. The van der Waals surface area contributed by atoms with Crippen molar-refractivity contribution in [1.29, 1.82) is 0 Å². The second-order valence-corrected chi connectivity index (χ2v) is 5.60. The highest BCUT2D eigenvalue weighted by atomic mass is 127. The minimum Gasteiger partial charge on any atom is -0.399 e. The zero-order valence-corrected chi connectivity index (χ0v) is 11.9. The van der Waals surface area contributed by atoms with E-state index in [0.29, 0.717) is 6.04 Å². The van der Waals surface area contributed by atoms with Crippen LogP contribution in [0.25, 0.3) is 0 Å². The highest BCUT2D eigenvalue weighted by Crippen LogP contribution is 2.26. The second kappa shape index (κ2) is 5.05. The van der Waals surface area contributed by atoms with Crippen molar-refractivity contribution in [1.82, 2.24) is 0 Å². The maximum Gasteiger partial charge on any atom is 0.0494 e. The van der Waals surface area contributed by atoms with Crippen LogP contribution in [0.15, 0.2) is 35.0 Å². The Kier molecular flexibility index (Phi) is 3.70. The molecule has 4 heteroatoms. The van der Waals surface area contributed by atoms with E-state index >= 15 is 0 Å². The SMILES string of the molecule is CC(Nc1ccc(N)cc1I)c1ccsc1. The van der Waals surface area contributed by atoms with Crippen LogP contribution >= 0.6 is 33.9 Å². The Bertz CT molecular complexity index is 468. The zero-order chi connectivity index (χ0) is 11.5. The third-order valence-electron chi connectivity index (χ3n) is 2.41. The Balaban J connectivity index is 2.15. The van der Waals surface area contributed by atoms with E-state index < -0.39 is 0 Å². The van der Waals surface area contributed by atoms with Gasteiger partial charge in [0.15, 0.2) is 0 Å². The predicted octanol–water partition coefficient (Wildman–Crippen LogP) is 4.11. The zero-order valence-electron chi connectivity index (χ0n) is 8.91. The molecule has 0 aliphatic carbocycles. The van der Waals surface area contributed by atoms with Gasteiger partial charge in [0.05, 0.1) is 0 Å². The molecule has 0 aliphatic heterocycles. The maximum atomic E-state index is 5.72. The van der Waals surface area contributed by atoms with E-state index in [1.807, 2.05) is 18.2 Å². The van der Waals surface area contributed by atoms with Crippen molar-refractivity contribution in [2.75, 3.05) is 11.1 Å². The van der Waals surface area contributed by atoms with Gasteiger partial charge >= 0.3 is 0 Å². The van der Waals surface area contributed by atoms with Gasteiger partial charge in [-0.05, 0) is 70.1 Å². The first-order valence-electron chi connectivity index (χ1n) is 5.00. The highest BCUT2D eigenvalue weighted by molar-refractivity contribution is 14.1. The quantitative estimate of drug-likeness (QED) is 0.650. The molecule has 0 bridgehead atoms. The van der Waals surface area contributed by atoms with Gasteiger partial charge in [0, 0.05) is 21.0 Å². The van der Waals surface area contributed by atoms with Crippen LogP contribution in [-0.4, -0.2) is 0 Å². The Morgan fingerprint density at radius 2 is 2.19 bits per heavy atom. The van der Waals surface area contributed by atoms with Crippen LogP contribution in [0.4, 0.5) is 11.4 Å². The summed E-state index contributed by atoms with van der Waals surface area (Å²) in [6.07, 6.45) is 0. The van der Waals surface area contributed by atoms with E-state index in [0.717, 1.165) is 14.9 Å². The molecule has 0 amide bonds.